The number of anilines is 2. The lowest BCUT2D eigenvalue weighted by molar-refractivity contribution is 0.486. The van der Waals surface area contributed by atoms with Crippen molar-refractivity contribution in [2.24, 2.45) is 0 Å². The third-order valence-electron chi connectivity index (χ3n) is 4.30. The average molecular weight is 358 g/mol. The zero-order valence-electron chi connectivity index (χ0n) is 15.8. The van der Waals surface area contributed by atoms with Crippen molar-refractivity contribution in [3.05, 3.63) is 53.6 Å². The van der Waals surface area contributed by atoms with Gasteiger partial charge in [-0.05, 0) is 34.6 Å². The third kappa shape index (κ3) is 3.69. The molecule has 134 valence electrons. The van der Waals surface area contributed by atoms with Gasteiger partial charge in [0.05, 0.1) is 5.69 Å². The molecule has 0 spiro atoms. The predicted molar refractivity (Wildman–Crippen MR) is 106 cm³/mol. The molecule has 2 N–H and O–H groups in total. The summed E-state index contributed by atoms with van der Waals surface area (Å²) in [4.78, 5) is 0. The highest BCUT2D eigenvalue weighted by Gasteiger charge is 2.38. The fourth-order valence-electron chi connectivity index (χ4n) is 2.84. The summed E-state index contributed by atoms with van der Waals surface area (Å²) in [6.07, 6.45) is 0. The van der Waals surface area contributed by atoms with Crippen LogP contribution in [0, 0.1) is 0 Å². The normalized spacial score (nSPS) is 19.8. The topological polar surface area (TPSA) is 50.4 Å². The molecule has 0 aromatic heterocycles. The Morgan fingerprint density at radius 3 is 2.16 bits per heavy atom. The molecule has 1 atom stereocenters. The summed E-state index contributed by atoms with van der Waals surface area (Å²) < 4.78 is 19.2. The molecule has 0 saturated carbocycles. The van der Waals surface area contributed by atoms with E-state index < -0.39 is 7.67 Å². The van der Waals surface area contributed by atoms with Crippen molar-refractivity contribution in [1.29, 1.82) is 0 Å². The second-order valence-corrected chi connectivity index (χ2v) is 10.4. The van der Waals surface area contributed by atoms with E-state index in [2.05, 4.69) is 63.8 Å². The van der Waals surface area contributed by atoms with Gasteiger partial charge >= 0.3 is 7.67 Å². The number of rotatable bonds is 2. The summed E-state index contributed by atoms with van der Waals surface area (Å²) in [5.41, 5.74) is 3.70. The molecular formula is C20H27N2O2P. The smallest absolute Gasteiger partial charge is 0.411 e. The Labute approximate surface area is 150 Å². The third-order valence-corrected chi connectivity index (χ3v) is 5.83. The van der Waals surface area contributed by atoms with Gasteiger partial charge in [0.15, 0.2) is 5.75 Å². The maximum Gasteiger partial charge on any atom is 0.444 e. The molecule has 1 aliphatic heterocycles. The van der Waals surface area contributed by atoms with Crippen LogP contribution in [-0.4, -0.2) is 0 Å². The van der Waals surface area contributed by atoms with Gasteiger partial charge in [-0.3, -0.25) is 10.2 Å². The van der Waals surface area contributed by atoms with Gasteiger partial charge in [0.25, 0.3) is 0 Å². The molecule has 0 fully saturated rings. The second-order valence-electron chi connectivity index (χ2n) is 8.63. The van der Waals surface area contributed by atoms with E-state index in [1.165, 1.54) is 5.56 Å². The molecule has 4 nitrogen and oxygen atoms in total. The van der Waals surface area contributed by atoms with Crippen LogP contribution in [0.15, 0.2) is 42.5 Å². The Kier molecular flexibility index (Phi) is 4.15. The van der Waals surface area contributed by atoms with E-state index in [0.29, 0.717) is 5.75 Å². The van der Waals surface area contributed by atoms with Gasteiger partial charge in [-0.25, -0.2) is 4.57 Å². The van der Waals surface area contributed by atoms with Gasteiger partial charge in [-0.2, -0.15) is 0 Å². The van der Waals surface area contributed by atoms with Gasteiger partial charge in [0.2, 0.25) is 0 Å². The molecule has 0 aliphatic carbocycles. The van der Waals surface area contributed by atoms with E-state index in [-0.39, 0.29) is 10.8 Å². The highest BCUT2D eigenvalue weighted by atomic mass is 31.2. The molecule has 0 amide bonds. The van der Waals surface area contributed by atoms with Crippen molar-refractivity contribution < 1.29 is 9.09 Å². The lowest BCUT2D eigenvalue weighted by atomic mass is 9.80. The number of hydrogen-bond donors (Lipinski definition) is 2. The summed E-state index contributed by atoms with van der Waals surface area (Å²) in [5.74, 6) is 0.687. The van der Waals surface area contributed by atoms with Crippen LogP contribution < -0.4 is 14.7 Å². The zero-order valence-corrected chi connectivity index (χ0v) is 16.7. The zero-order chi connectivity index (χ0) is 18.5. The maximum absolute atomic E-state index is 13.2. The first-order valence-electron chi connectivity index (χ1n) is 8.58. The highest BCUT2D eigenvalue weighted by molar-refractivity contribution is 7.63. The predicted octanol–water partition coefficient (Wildman–Crippen LogP) is 6.31. The van der Waals surface area contributed by atoms with Crippen molar-refractivity contribution in [2.45, 2.75) is 52.4 Å². The number of para-hydroxylation sites is 1. The summed E-state index contributed by atoms with van der Waals surface area (Å²) >= 11 is 0. The molecule has 2 aromatic rings. The molecular weight excluding hydrogens is 331 g/mol. The first kappa shape index (κ1) is 17.9. The Bertz CT molecular complexity index is 833. The summed E-state index contributed by atoms with van der Waals surface area (Å²) in [7, 11) is -3.24. The van der Waals surface area contributed by atoms with E-state index in [1.54, 1.807) is 0 Å². The molecule has 25 heavy (non-hydrogen) atoms. The monoisotopic (exact) mass is 358 g/mol. The van der Waals surface area contributed by atoms with Gasteiger partial charge in [0.1, 0.15) is 0 Å². The summed E-state index contributed by atoms with van der Waals surface area (Å²) in [6.45, 7) is 13.0. The lowest BCUT2D eigenvalue weighted by Gasteiger charge is -2.26. The van der Waals surface area contributed by atoms with E-state index in [4.69, 9.17) is 4.52 Å². The van der Waals surface area contributed by atoms with E-state index in [0.717, 1.165) is 16.9 Å². The first-order valence-corrected chi connectivity index (χ1v) is 10.2. The maximum atomic E-state index is 13.2. The van der Waals surface area contributed by atoms with Crippen LogP contribution >= 0.6 is 7.67 Å². The largest absolute Gasteiger partial charge is 0.444 e. The lowest BCUT2D eigenvalue weighted by Crippen LogP contribution is -2.16. The molecule has 5 heteroatoms. The number of nitrogens with one attached hydrogen (secondary N) is 2. The van der Waals surface area contributed by atoms with Crippen molar-refractivity contribution in [1.82, 2.24) is 0 Å². The summed E-state index contributed by atoms with van der Waals surface area (Å²) in [6, 6.07) is 13.7. The van der Waals surface area contributed by atoms with Crippen molar-refractivity contribution >= 4 is 19.0 Å². The van der Waals surface area contributed by atoms with Crippen LogP contribution in [0.4, 0.5) is 11.4 Å². The molecule has 1 aliphatic rings. The molecule has 2 aromatic carbocycles. The molecule has 0 radical (unpaired) electrons. The molecule has 3 rings (SSSR count). The van der Waals surface area contributed by atoms with Crippen LogP contribution in [0.2, 0.25) is 0 Å². The van der Waals surface area contributed by atoms with Gasteiger partial charge in [0, 0.05) is 11.3 Å². The van der Waals surface area contributed by atoms with Crippen molar-refractivity contribution in [3.8, 4) is 5.75 Å². The van der Waals surface area contributed by atoms with Crippen LogP contribution in [-0.2, 0) is 15.4 Å². The fraction of sp³-hybridized carbons (Fsp3) is 0.400. The quantitative estimate of drug-likeness (QED) is 0.618. The number of fused-ring (bicyclic) bond motifs is 1. The number of benzene rings is 2. The molecule has 1 unspecified atom stereocenters. The molecule has 1 heterocycles. The fourth-order valence-corrected chi connectivity index (χ4v) is 4.42. The molecule has 0 bridgehead atoms. The van der Waals surface area contributed by atoms with Gasteiger partial charge in [-0.1, -0.05) is 65.8 Å². The standard InChI is InChI=1S/C20H27N2O2P/c1-19(2,3)14-12-16(20(4,5)6)18-17(13-14)22-25(23,24-18)21-15-10-8-7-9-11-15/h7-13H,1-6H3,(H2,21,22,23). The van der Waals surface area contributed by atoms with Crippen LogP contribution in [0.1, 0.15) is 52.7 Å². The Balaban J connectivity index is 2.03. The minimum atomic E-state index is -3.24. The second kappa shape index (κ2) is 5.81. The molecule has 0 saturated heterocycles. The SMILES string of the molecule is CC(C)(C)c1cc2c(c(C(C)(C)C)c1)OP(=O)(Nc1ccccc1)N2. The van der Waals surface area contributed by atoms with E-state index in [1.807, 2.05) is 30.3 Å². The van der Waals surface area contributed by atoms with Gasteiger partial charge < -0.3 is 4.52 Å². The minimum absolute atomic E-state index is 0.00382. The van der Waals surface area contributed by atoms with Crippen molar-refractivity contribution in [3.63, 3.8) is 0 Å². The highest BCUT2D eigenvalue weighted by Crippen LogP contribution is 2.59. The minimum Gasteiger partial charge on any atom is -0.411 e. The number of hydrogen-bond acceptors (Lipinski definition) is 2. The Morgan fingerprint density at radius 1 is 0.960 bits per heavy atom. The van der Waals surface area contributed by atoms with E-state index >= 15 is 0 Å². The summed E-state index contributed by atoms with van der Waals surface area (Å²) in [5, 5.41) is 6.13. The van der Waals surface area contributed by atoms with Crippen LogP contribution in [0.3, 0.4) is 0 Å². The van der Waals surface area contributed by atoms with Crippen LogP contribution in [0.5, 0.6) is 5.75 Å². The van der Waals surface area contributed by atoms with Gasteiger partial charge in [-0.15, -0.1) is 0 Å². The van der Waals surface area contributed by atoms with Crippen molar-refractivity contribution in [2.75, 3.05) is 10.2 Å². The van der Waals surface area contributed by atoms with E-state index in [9.17, 15) is 4.57 Å². The Hall–Kier alpha value is -1.93. The average Bonchev–Trinajstić information content (AvgIpc) is 2.80. The first-order chi connectivity index (χ1) is 11.5. The Morgan fingerprint density at radius 2 is 1.60 bits per heavy atom. The van der Waals surface area contributed by atoms with Crippen LogP contribution in [0.25, 0.3) is 0 Å².